The second kappa shape index (κ2) is 6.80. The van der Waals surface area contributed by atoms with Gasteiger partial charge in [-0.05, 0) is 18.6 Å². The van der Waals surface area contributed by atoms with E-state index in [0.29, 0.717) is 6.07 Å². The number of alkyl halides is 6. The van der Waals surface area contributed by atoms with E-state index in [-0.39, 0.29) is 11.9 Å². The fourth-order valence-corrected chi connectivity index (χ4v) is 1.70. The van der Waals surface area contributed by atoms with Crippen molar-refractivity contribution < 1.29 is 31.1 Å². The van der Waals surface area contributed by atoms with Gasteiger partial charge in [0.2, 0.25) is 0 Å². The first-order valence-corrected chi connectivity index (χ1v) is 6.16. The second-order valence-electron chi connectivity index (χ2n) is 4.27. The van der Waals surface area contributed by atoms with Crippen LogP contribution in [0.4, 0.5) is 32.0 Å². The van der Waals surface area contributed by atoms with Crippen LogP contribution >= 0.6 is 0 Å². The van der Waals surface area contributed by atoms with Gasteiger partial charge in [-0.15, -0.1) is 0 Å². The van der Waals surface area contributed by atoms with Gasteiger partial charge in [0.05, 0.1) is 5.57 Å². The maximum absolute atomic E-state index is 12.8. The van der Waals surface area contributed by atoms with Gasteiger partial charge in [-0.25, -0.2) is 0 Å². The lowest BCUT2D eigenvalue weighted by Crippen LogP contribution is -2.23. The van der Waals surface area contributed by atoms with Crippen LogP contribution in [-0.2, 0) is 11.0 Å². The van der Waals surface area contributed by atoms with Gasteiger partial charge < -0.3 is 10.7 Å². The maximum atomic E-state index is 12.8. The number of allylic oxidation sites excluding steroid dienone is 1. The largest absolute Gasteiger partial charge is 0.433 e. The van der Waals surface area contributed by atoms with Crippen molar-refractivity contribution in [3.05, 3.63) is 35.2 Å². The van der Waals surface area contributed by atoms with Crippen LogP contribution in [0.5, 0.6) is 0 Å². The number of aromatic nitrogens is 1. The highest BCUT2D eigenvalue weighted by Crippen LogP contribution is 2.31. The number of pyridine rings is 1. The minimum absolute atomic E-state index is 0.216. The van der Waals surface area contributed by atoms with Gasteiger partial charge in [-0.2, -0.15) is 26.3 Å². The first-order valence-electron chi connectivity index (χ1n) is 6.16. The topological polar surface area (TPSA) is 65.8 Å². The monoisotopic (exact) mass is 339 g/mol. The van der Waals surface area contributed by atoms with Gasteiger partial charge in [-0.1, -0.05) is 6.92 Å². The predicted molar refractivity (Wildman–Crippen MR) is 70.0 cm³/mol. The van der Waals surface area contributed by atoms with E-state index in [9.17, 15) is 31.1 Å². The third-order valence-electron chi connectivity index (χ3n) is 2.72. The molecule has 1 aromatic heterocycles. The molecule has 0 aliphatic rings. The number of amides is 1. The highest BCUT2D eigenvalue weighted by atomic mass is 19.4. The quantitative estimate of drug-likeness (QED) is 0.495. The smallest absolute Gasteiger partial charge is 0.322 e. The standard InChI is InChI=1S/C13H11F6N3O/c1-2-9(12(14,15)16)8(6-20)11(23)22-7-3-4-21-10(5-7)13(17,18)19/h3-6,20H,2H2,1H3,(H,21,22,23)/b9-8-,20-6?. The third-order valence-corrected chi connectivity index (χ3v) is 2.72. The highest BCUT2D eigenvalue weighted by Gasteiger charge is 2.36. The van der Waals surface area contributed by atoms with Crippen molar-refractivity contribution in [2.45, 2.75) is 25.7 Å². The molecule has 1 amide bonds. The first-order chi connectivity index (χ1) is 10.5. The molecule has 0 aliphatic carbocycles. The normalized spacial score (nSPS) is 13.3. The number of hydrogen-bond donors (Lipinski definition) is 2. The lowest BCUT2D eigenvalue weighted by atomic mass is 10.1. The molecule has 0 spiro atoms. The number of hydrogen-bond acceptors (Lipinski definition) is 3. The Hall–Kier alpha value is -2.39. The Labute approximate surface area is 126 Å². The fraction of sp³-hybridized carbons (Fsp3) is 0.308. The zero-order valence-corrected chi connectivity index (χ0v) is 11.6. The molecule has 0 fully saturated rings. The molecule has 126 valence electrons. The van der Waals surface area contributed by atoms with Crippen molar-refractivity contribution in [2.24, 2.45) is 0 Å². The Morgan fingerprint density at radius 3 is 2.35 bits per heavy atom. The summed E-state index contributed by atoms with van der Waals surface area (Å²) in [4.78, 5) is 14.9. The average molecular weight is 339 g/mol. The summed E-state index contributed by atoms with van der Waals surface area (Å²) in [6, 6.07) is 1.48. The predicted octanol–water partition coefficient (Wildman–Crippen LogP) is 3.96. The summed E-state index contributed by atoms with van der Waals surface area (Å²) in [5.74, 6) is -1.33. The minimum atomic E-state index is -4.83. The molecular formula is C13H11F6N3O. The van der Waals surface area contributed by atoms with E-state index in [2.05, 4.69) is 4.98 Å². The van der Waals surface area contributed by atoms with Gasteiger partial charge in [0.1, 0.15) is 5.69 Å². The van der Waals surface area contributed by atoms with E-state index in [1.807, 2.05) is 5.32 Å². The molecule has 0 saturated heterocycles. The molecular weight excluding hydrogens is 328 g/mol. The zero-order chi connectivity index (χ0) is 17.8. The molecule has 0 aromatic carbocycles. The Bertz CT molecular complexity index is 633. The van der Waals surface area contributed by atoms with Crippen LogP contribution in [0.2, 0.25) is 0 Å². The minimum Gasteiger partial charge on any atom is -0.322 e. The van der Waals surface area contributed by atoms with Crippen molar-refractivity contribution in [3.63, 3.8) is 0 Å². The molecule has 0 radical (unpaired) electrons. The molecule has 23 heavy (non-hydrogen) atoms. The van der Waals surface area contributed by atoms with Crippen molar-refractivity contribution in [3.8, 4) is 0 Å². The summed E-state index contributed by atoms with van der Waals surface area (Å²) in [7, 11) is 0. The van der Waals surface area contributed by atoms with E-state index < -0.39 is 41.5 Å². The summed E-state index contributed by atoms with van der Waals surface area (Å²) in [5.41, 5.74) is -3.89. The van der Waals surface area contributed by atoms with Crippen molar-refractivity contribution in [2.75, 3.05) is 5.32 Å². The number of carbonyl (C=O) groups excluding carboxylic acids is 1. The molecule has 10 heteroatoms. The molecule has 0 aliphatic heterocycles. The number of nitrogens with one attached hydrogen (secondary N) is 2. The van der Waals surface area contributed by atoms with Gasteiger partial charge in [0.25, 0.3) is 5.91 Å². The summed E-state index contributed by atoms with van der Waals surface area (Å²) in [6.45, 7) is 1.15. The third kappa shape index (κ3) is 4.80. The van der Waals surface area contributed by atoms with Crippen LogP contribution in [-0.4, -0.2) is 23.3 Å². The molecule has 1 rings (SSSR count). The van der Waals surface area contributed by atoms with E-state index in [4.69, 9.17) is 5.41 Å². The van der Waals surface area contributed by atoms with Crippen LogP contribution in [0.15, 0.2) is 29.5 Å². The van der Waals surface area contributed by atoms with Crippen LogP contribution in [0.3, 0.4) is 0 Å². The fourth-order valence-electron chi connectivity index (χ4n) is 1.70. The van der Waals surface area contributed by atoms with Gasteiger partial charge >= 0.3 is 12.4 Å². The number of carbonyl (C=O) groups is 1. The SMILES string of the molecule is CC/C(=C(\C=N)C(=O)Nc1ccnc(C(F)(F)F)c1)C(F)(F)F. The molecule has 4 nitrogen and oxygen atoms in total. The molecule has 1 aromatic rings. The Morgan fingerprint density at radius 1 is 1.30 bits per heavy atom. The zero-order valence-electron chi connectivity index (χ0n) is 11.6. The van der Waals surface area contributed by atoms with Crippen LogP contribution < -0.4 is 5.32 Å². The van der Waals surface area contributed by atoms with Crippen LogP contribution in [0, 0.1) is 5.41 Å². The van der Waals surface area contributed by atoms with Crippen molar-refractivity contribution in [1.29, 1.82) is 5.41 Å². The van der Waals surface area contributed by atoms with E-state index >= 15 is 0 Å². The number of anilines is 1. The summed E-state index contributed by atoms with van der Waals surface area (Å²) < 4.78 is 75.8. The van der Waals surface area contributed by atoms with Crippen molar-refractivity contribution >= 4 is 17.8 Å². The molecule has 0 saturated carbocycles. The first kappa shape index (κ1) is 18.7. The number of halogens is 6. The highest BCUT2D eigenvalue weighted by molar-refractivity contribution is 6.17. The van der Waals surface area contributed by atoms with Gasteiger partial charge in [0, 0.05) is 23.7 Å². The molecule has 2 N–H and O–H groups in total. The Kier molecular flexibility index (Phi) is 5.51. The van der Waals surface area contributed by atoms with Crippen LogP contribution in [0.25, 0.3) is 0 Å². The summed E-state index contributed by atoms with van der Waals surface area (Å²) in [5, 5.41) is 8.88. The number of nitrogens with zero attached hydrogens (tertiary/aromatic N) is 1. The molecule has 1 heterocycles. The van der Waals surface area contributed by atoms with Gasteiger partial charge in [0.15, 0.2) is 0 Å². The maximum Gasteiger partial charge on any atom is 0.433 e. The summed E-state index contributed by atoms with van der Waals surface area (Å²) in [6.07, 6.45) is -9.17. The molecule has 0 unspecified atom stereocenters. The van der Waals surface area contributed by atoms with E-state index in [1.165, 1.54) is 0 Å². The van der Waals surface area contributed by atoms with Gasteiger partial charge in [-0.3, -0.25) is 9.78 Å². The Morgan fingerprint density at radius 2 is 1.91 bits per heavy atom. The molecule has 0 atom stereocenters. The summed E-state index contributed by atoms with van der Waals surface area (Å²) >= 11 is 0. The molecule has 0 bridgehead atoms. The lowest BCUT2D eigenvalue weighted by molar-refractivity contribution is -0.141. The number of rotatable bonds is 4. The van der Waals surface area contributed by atoms with E-state index in [1.54, 1.807) is 0 Å². The lowest BCUT2D eigenvalue weighted by Gasteiger charge is -2.14. The Balaban J connectivity index is 3.16. The average Bonchev–Trinajstić information content (AvgIpc) is 2.42. The van der Waals surface area contributed by atoms with E-state index in [0.717, 1.165) is 19.2 Å². The second-order valence-corrected chi connectivity index (χ2v) is 4.27. The van der Waals surface area contributed by atoms with Crippen molar-refractivity contribution in [1.82, 2.24) is 4.98 Å². The van der Waals surface area contributed by atoms with Crippen LogP contribution in [0.1, 0.15) is 19.0 Å².